The van der Waals surface area contributed by atoms with Crippen molar-refractivity contribution in [2.45, 2.75) is 19.8 Å². The van der Waals surface area contributed by atoms with Crippen LogP contribution in [0.4, 0.5) is 11.4 Å². The third kappa shape index (κ3) is 3.95. The number of carbonyl (C=O) groups is 1. The van der Waals surface area contributed by atoms with Gasteiger partial charge in [-0.05, 0) is 29.7 Å². The molecule has 4 heteroatoms. The number of pyridine rings is 1. The Labute approximate surface area is 131 Å². The summed E-state index contributed by atoms with van der Waals surface area (Å²) in [5.74, 6) is 0.137. The predicted octanol–water partition coefficient (Wildman–Crippen LogP) is 4.06. The van der Waals surface area contributed by atoms with Gasteiger partial charge in [0.2, 0.25) is 0 Å². The minimum Gasteiger partial charge on any atom is -0.380 e. The van der Waals surface area contributed by atoms with E-state index < -0.39 is 0 Å². The van der Waals surface area contributed by atoms with E-state index in [1.165, 1.54) is 0 Å². The predicted molar refractivity (Wildman–Crippen MR) is 91.4 cm³/mol. The first-order chi connectivity index (χ1) is 10.6. The molecule has 2 N–H and O–H groups in total. The fourth-order valence-corrected chi connectivity index (χ4v) is 2.12. The summed E-state index contributed by atoms with van der Waals surface area (Å²) in [4.78, 5) is 16.5. The zero-order chi connectivity index (χ0) is 15.9. The lowest BCUT2D eigenvalue weighted by molar-refractivity contribution is 0.102. The van der Waals surface area contributed by atoms with E-state index in [0.29, 0.717) is 18.2 Å². The Morgan fingerprint density at radius 3 is 2.68 bits per heavy atom. The summed E-state index contributed by atoms with van der Waals surface area (Å²) < 4.78 is 0. The average molecular weight is 295 g/mol. The zero-order valence-electron chi connectivity index (χ0n) is 13.0. The van der Waals surface area contributed by atoms with E-state index in [1.54, 1.807) is 18.3 Å². The van der Waals surface area contributed by atoms with E-state index in [4.69, 9.17) is 0 Å². The molecule has 4 nitrogen and oxygen atoms in total. The number of hydrogen-bond acceptors (Lipinski definition) is 3. The minimum atomic E-state index is -0.205. The maximum Gasteiger partial charge on any atom is 0.274 e. The van der Waals surface area contributed by atoms with Crippen LogP contribution in [0.5, 0.6) is 0 Å². The molecule has 0 aliphatic rings. The van der Waals surface area contributed by atoms with Crippen LogP contribution in [-0.2, 0) is 0 Å². The van der Waals surface area contributed by atoms with E-state index in [1.807, 2.05) is 30.3 Å². The van der Waals surface area contributed by atoms with E-state index in [9.17, 15) is 4.79 Å². The van der Waals surface area contributed by atoms with Gasteiger partial charge in [0.1, 0.15) is 5.69 Å². The monoisotopic (exact) mass is 295 g/mol. The smallest absolute Gasteiger partial charge is 0.274 e. The van der Waals surface area contributed by atoms with Crippen LogP contribution < -0.4 is 10.6 Å². The van der Waals surface area contributed by atoms with Gasteiger partial charge in [0.15, 0.2) is 0 Å². The minimum absolute atomic E-state index is 0.205. The molecule has 0 aliphatic heterocycles. The Hall–Kier alpha value is -2.62. The molecule has 22 heavy (non-hydrogen) atoms. The molecule has 0 aliphatic carbocycles. The van der Waals surface area contributed by atoms with Crippen molar-refractivity contribution >= 4 is 17.3 Å². The fraction of sp³-hybridized carbons (Fsp3) is 0.222. The van der Waals surface area contributed by atoms with Gasteiger partial charge in [-0.1, -0.05) is 38.1 Å². The molecule has 1 heterocycles. The molecule has 2 rings (SSSR count). The lowest BCUT2D eigenvalue weighted by Gasteiger charge is -2.13. The van der Waals surface area contributed by atoms with Crippen molar-refractivity contribution in [2.24, 2.45) is 0 Å². The number of rotatable bonds is 6. The normalized spacial score (nSPS) is 10.3. The first-order valence-corrected chi connectivity index (χ1v) is 7.33. The van der Waals surface area contributed by atoms with Crippen molar-refractivity contribution in [3.63, 3.8) is 0 Å². The largest absolute Gasteiger partial charge is 0.380 e. The van der Waals surface area contributed by atoms with Crippen molar-refractivity contribution in [3.8, 4) is 0 Å². The van der Waals surface area contributed by atoms with Crippen LogP contribution in [0.3, 0.4) is 0 Å². The molecule has 1 aromatic heterocycles. The number of anilines is 2. The van der Waals surface area contributed by atoms with Gasteiger partial charge >= 0.3 is 0 Å². The van der Waals surface area contributed by atoms with Crippen molar-refractivity contribution in [1.82, 2.24) is 4.98 Å². The summed E-state index contributed by atoms with van der Waals surface area (Å²) in [6.07, 6.45) is 3.41. The number of para-hydroxylation sites is 1. The van der Waals surface area contributed by atoms with Crippen LogP contribution in [0.1, 0.15) is 35.8 Å². The average Bonchev–Trinajstić information content (AvgIpc) is 2.53. The van der Waals surface area contributed by atoms with E-state index in [2.05, 4.69) is 36.0 Å². The third-order valence-corrected chi connectivity index (χ3v) is 3.28. The van der Waals surface area contributed by atoms with Crippen molar-refractivity contribution in [3.05, 3.63) is 66.5 Å². The van der Waals surface area contributed by atoms with Crippen LogP contribution >= 0.6 is 0 Å². The highest BCUT2D eigenvalue weighted by molar-refractivity contribution is 6.03. The van der Waals surface area contributed by atoms with Gasteiger partial charge in [-0.3, -0.25) is 4.79 Å². The molecule has 114 valence electrons. The highest BCUT2D eigenvalue weighted by atomic mass is 16.1. The number of benzene rings is 1. The Kier molecular flexibility index (Phi) is 5.31. The Morgan fingerprint density at radius 1 is 1.27 bits per heavy atom. The number of carbonyl (C=O) groups excluding carboxylic acids is 1. The maximum absolute atomic E-state index is 12.3. The highest BCUT2D eigenvalue weighted by Crippen LogP contribution is 2.24. The Bertz CT molecular complexity index is 648. The zero-order valence-corrected chi connectivity index (χ0v) is 13.0. The molecule has 1 amide bonds. The van der Waals surface area contributed by atoms with Crippen LogP contribution in [0, 0.1) is 0 Å². The highest BCUT2D eigenvalue weighted by Gasteiger charge is 2.11. The molecule has 1 aromatic carbocycles. The van der Waals surface area contributed by atoms with Gasteiger partial charge in [-0.15, -0.1) is 6.58 Å². The SMILES string of the molecule is C=CCNc1ccc(C(=O)Nc2ccccc2C(C)C)nc1. The topological polar surface area (TPSA) is 54.0 Å². The second-order valence-electron chi connectivity index (χ2n) is 5.30. The van der Waals surface area contributed by atoms with Gasteiger partial charge in [-0.2, -0.15) is 0 Å². The molecule has 0 unspecified atom stereocenters. The molecule has 0 atom stereocenters. The lowest BCUT2D eigenvalue weighted by atomic mass is 10.0. The molecule has 0 radical (unpaired) electrons. The van der Waals surface area contributed by atoms with E-state index in [0.717, 1.165) is 16.9 Å². The number of nitrogens with one attached hydrogen (secondary N) is 2. The maximum atomic E-state index is 12.3. The third-order valence-electron chi connectivity index (χ3n) is 3.28. The number of hydrogen-bond donors (Lipinski definition) is 2. The van der Waals surface area contributed by atoms with Gasteiger partial charge in [0.05, 0.1) is 11.9 Å². The summed E-state index contributed by atoms with van der Waals surface area (Å²) in [7, 11) is 0. The van der Waals surface area contributed by atoms with Crippen LogP contribution in [0.15, 0.2) is 55.3 Å². The Morgan fingerprint density at radius 2 is 2.05 bits per heavy atom. The second-order valence-corrected chi connectivity index (χ2v) is 5.30. The van der Waals surface area contributed by atoms with Gasteiger partial charge in [0.25, 0.3) is 5.91 Å². The lowest BCUT2D eigenvalue weighted by Crippen LogP contribution is -2.15. The molecule has 0 saturated carbocycles. The fourth-order valence-electron chi connectivity index (χ4n) is 2.12. The second kappa shape index (κ2) is 7.41. The molecular formula is C18H21N3O. The van der Waals surface area contributed by atoms with Gasteiger partial charge < -0.3 is 10.6 Å². The first kappa shape index (κ1) is 15.8. The number of nitrogens with zero attached hydrogens (tertiary/aromatic N) is 1. The summed E-state index contributed by atoms with van der Waals surface area (Å²) in [5, 5.41) is 6.05. The molecule has 0 saturated heterocycles. The van der Waals surface area contributed by atoms with Gasteiger partial charge in [-0.25, -0.2) is 4.98 Å². The summed E-state index contributed by atoms with van der Waals surface area (Å²) in [5.41, 5.74) is 3.19. The quantitative estimate of drug-likeness (QED) is 0.790. The van der Waals surface area contributed by atoms with E-state index in [-0.39, 0.29) is 5.91 Å². The summed E-state index contributed by atoms with van der Waals surface area (Å²) in [6, 6.07) is 11.4. The molecule has 0 bridgehead atoms. The Balaban J connectivity index is 2.11. The molecule has 0 spiro atoms. The van der Waals surface area contributed by atoms with Crippen LogP contribution in [0.2, 0.25) is 0 Å². The standard InChI is InChI=1S/C18H21N3O/c1-4-11-19-14-9-10-17(20-12-14)18(22)21-16-8-6-5-7-15(16)13(2)3/h4-10,12-13,19H,1,11H2,2-3H3,(H,21,22). The summed E-state index contributed by atoms with van der Waals surface area (Å²) >= 11 is 0. The van der Waals surface area contributed by atoms with Crippen molar-refractivity contribution < 1.29 is 4.79 Å². The van der Waals surface area contributed by atoms with Crippen molar-refractivity contribution in [2.75, 3.05) is 17.2 Å². The summed E-state index contributed by atoms with van der Waals surface area (Å²) in [6.45, 7) is 8.51. The number of amides is 1. The molecular weight excluding hydrogens is 274 g/mol. The van der Waals surface area contributed by atoms with Crippen LogP contribution in [0.25, 0.3) is 0 Å². The van der Waals surface area contributed by atoms with E-state index >= 15 is 0 Å². The number of aromatic nitrogens is 1. The van der Waals surface area contributed by atoms with Crippen LogP contribution in [-0.4, -0.2) is 17.4 Å². The van der Waals surface area contributed by atoms with Gasteiger partial charge in [0, 0.05) is 12.2 Å². The van der Waals surface area contributed by atoms with Crippen molar-refractivity contribution in [1.29, 1.82) is 0 Å². The molecule has 2 aromatic rings. The first-order valence-electron chi connectivity index (χ1n) is 7.33. The molecule has 0 fully saturated rings.